The number of rotatable bonds is 8. The van der Waals surface area contributed by atoms with Gasteiger partial charge >= 0.3 is 0 Å². The third kappa shape index (κ3) is 4.18. The summed E-state index contributed by atoms with van der Waals surface area (Å²) in [5, 5.41) is 3.34. The first kappa shape index (κ1) is 16.9. The molecule has 114 valence electrons. The Morgan fingerprint density at radius 3 is 2.40 bits per heavy atom. The average molecular weight is 283 g/mol. The largest absolute Gasteiger partial charge is 0.497 e. The van der Waals surface area contributed by atoms with Crippen molar-refractivity contribution in [1.29, 1.82) is 0 Å². The molecule has 0 spiro atoms. The Morgan fingerprint density at radius 1 is 1.25 bits per heavy atom. The van der Waals surface area contributed by atoms with E-state index < -0.39 is 0 Å². The summed E-state index contributed by atoms with van der Waals surface area (Å²) in [6, 6.07) is 4.82. The standard InChI is InChI=1S/C16H26FNO2/c1-6-18-15(16(11(3)4)20-7-2)13-9-8-12(19-5)10-14(13)17/h8-11,15-16,18H,6-7H2,1-5H3. The molecule has 0 aliphatic heterocycles. The Balaban J connectivity index is 3.11. The molecule has 0 aliphatic rings. The summed E-state index contributed by atoms with van der Waals surface area (Å²) < 4.78 is 25.2. The van der Waals surface area contributed by atoms with E-state index in [-0.39, 0.29) is 18.0 Å². The number of ether oxygens (including phenoxy) is 2. The molecule has 0 fully saturated rings. The third-order valence-electron chi connectivity index (χ3n) is 3.31. The number of likely N-dealkylation sites (N-methyl/N-ethyl adjacent to an activating group) is 1. The lowest BCUT2D eigenvalue weighted by Crippen LogP contribution is -2.37. The Morgan fingerprint density at radius 2 is 1.95 bits per heavy atom. The highest BCUT2D eigenvalue weighted by molar-refractivity contribution is 5.31. The molecule has 1 N–H and O–H groups in total. The first-order valence-electron chi connectivity index (χ1n) is 7.23. The highest BCUT2D eigenvalue weighted by Gasteiger charge is 2.28. The Bertz CT molecular complexity index is 409. The van der Waals surface area contributed by atoms with Crippen LogP contribution in [0.15, 0.2) is 18.2 Å². The SMILES string of the molecule is CCNC(c1ccc(OC)cc1F)C(OCC)C(C)C. The van der Waals surface area contributed by atoms with Crippen molar-refractivity contribution < 1.29 is 13.9 Å². The van der Waals surface area contributed by atoms with Crippen LogP contribution in [0.1, 0.15) is 39.3 Å². The van der Waals surface area contributed by atoms with Gasteiger partial charge in [-0.3, -0.25) is 0 Å². The van der Waals surface area contributed by atoms with Crippen molar-refractivity contribution in [3.8, 4) is 5.75 Å². The monoisotopic (exact) mass is 283 g/mol. The minimum absolute atomic E-state index is 0.0668. The average Bonchev–Trinajstić information content (AvgIpc) is 2.42. The maximum Gasteiger partial charge on any atom is 0.131 e. The first-order chi connectivity index (χ1) is 9.54. The van der Waals surface area contributed by atoms with Gasteiger partial charge in [0.2, 0.25) is 0 Å². The second-order valence-electron chi connectivity index (χ2n) is 5.09. The summed E-state index contributed by atoms with van der Waals surface area (Å²) in [4.78, 5) is 0. The van der Waals surface area contributed by atoms with Crippen LogP contribution >= 0.6 is 0 Å². The zero-order chi connectivity index (χ0) is 15.1. The zero-order valence-corrected chi connectivity index (χ0v) is 13.1. The molecule has 2 atom stereocenters. The number of halogens is 1. The van der Waals surface area contributed by atoms with E-state index in [0.29, 0.717) is 23.8 Å². The van der Waals surface area contributed by atoms with E-state index in [0.717, 1.165) is 6.54 Å². The zero-order valence-electron chi connectivity index (χ0n) is 13.1. The molecule has 2 unspecified atom stereocenters. The number of nitrogens with one attached hydrogen (secondary N) is 1. The molecule has 0 saturated carbocycles. The minimum Gasteiger partial charge on any atom is -0.497 e. The number of benzene rings is 1. The van der Waals surface area contributed by atoms with Crippen molar-refractivity contribution in [2.45, 2.75) is 39.8 Å². The summed E-state index contributed by atoms with van der Waals surface area (Å²) in [5.41, 5.74) is 0.625. The van der Waals surface area contributed by atoms with Crippen molar-refractivity contribution in [3.05, 3.63) is 29.6 Å². The molecule has 1 rings (SSSR count). The van der Waals surface area contributed by atoms with Crippen LogP contribution in [0.5, 0.6) is 5.75 Å². The van der Waals surface area contributed by atoms with Gasteiger partial charge in [0.05, 0.1) is 19.3 Å². The van der Waals surface area contributed by atoms with Crippen LogP contribution in [0.3, 0.4) is 0 Å². The maximum atomic E-state index is 14.3. The minimum atomic E-state index is -0.263. The van der Waals surface area contributed by atoms with Gasteiger partial charge in [0, 0.05) is 18.2 Å². The molecule has 0 radical (unpaired) electrons. The molecule has 4 heteroatoms. The van der Waals surface area contributed by atoms with Gasteiger partial charge in [-0.15, -0.1) is 0 Å². The van der Waals surface area contributed by atoms with Crippen molar-refractivity contribution in [2.75, 3.05) is 20.3 Å². The van der Waals surface area contributed by atoms with E-state index in [4.69, 9.17) is 9.47 Å². The van der Waals surface area contributed by atoms with Gasteiger partial charge in [0.1, 0.15) is 11.6 Å². The quantitative estimate of drug-likeness (QED) is 0.791. The van der Waals surface area contributed by atoms with E-state index in [1.165, 1.54) is 13.2 Å². The highest BCUT2D eigenvalue weighted by atomic mass is 19.1. The van der Waals surface area contributed by atoms with E-state index in [9.17, 15) is 4.39 Å². The normalized spacial score (nSPS) is 14.3. The first-order valence-corrected chi connectivity index (χ1v) is 7.23. The second-order valence-corrected chi connectivity index (χ2v) is 5.09. The van der Waals surface area contributed by atoms with Gasteiger partial charge in [0.25, 0.3) is 0 Å². The van der Waals surface area contributed by atoms with Crippen LogP contribution in [0, 0.1) is 11.7 Å². The number of hydrogen-bond acceptors (Lipinski definition) is 3. The Hall–Kier alpha value is -1.13. The summed E-state index contributed by atoms with van der Waals surface area (Å²) in [5.74, 6) is 0.556. The lowest BCUT2D eigenvalue weighted by molar-refractivity contribution is 0.00235. The smallest absolute Gasteiger partial charge is 0.131 e. The van der Waals surface area contributed by atoms with E-state index in [1.807, 2.05) is 13.8 Å². The molecule has 0 aromatic heterocycles. The van der Waals surface area contributed by atoms with Gasteiger partial charge in [-0.2, -0.15) is 0 Å². The van der Waals surface area contributed by atoms with Crippen LogP contribution in [-0.4, -0.2) is 26.4 Å². The number of hydrogen-bond donors (Lipinski definition) is 1. The van der Waals surface area contributed by atoms with Gasteiger partial charge < -0.3 is 14.8 Å². The number of methoxy groups -OCH3 is 1. The van der Waals surface area contributed by atoms with Crippen LogP contribution in [0.4, 0.5) is 4.39 Å². The fraction of sp³-hybridized carbons (Fsp3) is 0.625. The van der Waals surface area contributed by atoms with Crippen molar-refractivity contribution in [2.24, 2.45) is 5.92 Å². The van der Waals surface area contributed by atoms with Crippen LogP contribution in [0.2, 0.25) is 0 Å². The predicted octanol–water partition coefficient (Wildman–Crippen LogP) is 3.55. The summed E-state index contributed by atoms with van der Waals surface area (Å²) in [6.07, 6.45) is -0.0668. The van der Waals surface area contributed by atoms with E-state index in [1.54, 1.807) is 12.1 Å². The molecule has 1 aromatic carbocycles. The highest BCUT2D eigenvalue weighted by Crippen LogP contribution is 2.28. The summed E-state index contributed by atoms with van der Waals surface area (Å²) in [7, 11) is 1.54. The maximum absolute atomic E-state index is 14.3. The van der Waals surface area contributed by atoms with Gasteiger partial charge in [-0.1, -0.05) is 26.8 Å². The molecule has 0 bridgehead atoms. The molecule has 3 nitrogen and oxygen atoms in total. The third-order valence-corrected chi connectivity index (χ3v) is 3.31. The molecule has 0 aliphatic carbocycles. The molecular weight excluding hydrogens is 257 g/mol. The molecule has 0 saturated heterocycles. The van der Waals surface area contributed by atoms with E-state index >= 15 is 0 Å². The molecule has 0 heterocycles. The lowest BCUT2D eigenvalue weighted by Gasteiger charge is -2.31. The summed E-state index contributed by atoms with van der Waals surface area (Å²) in [6.45, 7) is 9.52. The molecular formula is C16H26FNO2. The van der Waals surface area contributed by atoms with Crippen LogP contribution in [-0.2, 0) is 4.74 Å². The lowest BCUT2D eigenvalue weighted by atomic mass is 9.93. The van der Waals surface area contributed by atoms with Crippen LogP contribution < -0.4 is 10.1 Å². The van der Waals surface area contributed by atoms with Crippen molar-refractivity contribution in [3.63, 3.8) is 0 Å². The molecule has 1 aromatic rings. The van der Waals surface area contributed by atoms with Crippen molar-refractivity contribution in [1.82, 2.24) is 5.32 Å². The van der Waals surface area contributed by atoms with Crippen molar-refractivity contribution >= 4 is 0 Å². The van der Waals surface area contributed by atoms with Gasteiger partial charge in [-0.25, -0.2) is 4.39 Å². The van der Waals surface area contributed by atoms with E-state index in [2.05, 4.69) is 19.2 Å². The molecule has 20 heavy (non-hydrogen) atoms. The Kier molecular flexibility index (Phi) is 6.96. The fourth-order valence-corrected chi connectivity index (χ4v) is 2.38. The molecule has 0 amide bonds. The topological polar surface area (TPSA) is 30.5 Å². The Labute approximate surface area is 121 Å². The van der Waals surface area contributed by atoms with Gasteiger partial charge in [0.15, 0.2) is 0 Å². The van der Waals surface area contributed by atoms with Crippen LogP contribution in [0.25, 0.3) is 0 Å². The predicted molar refractivity (Wildman–Crippen MR) is 79.6 cm³/mol. The fourth-order valence-electron chi connectivity index (χ4n) is 2.38. The van der Waals surface area contributed by atoms with Gasteiger partial charge in [-0.05, 0) is 25.5 Å². The second kappa shape index (κ2) is 8.22. The summed E-state index contributed by atoms with van der Waals surface area (Å²) >= 11 is 0.